The minimum Gasteiger partial charge on any atom is -0.489 e. The van der Waals surface area contributed by atoms with E-state index in [1.54, 1.807) is 22.7 Å². The van der Waals surface area contributed by atoms with Gasteiger partial charge in [-0.25, -0.2) is 0 Å². The van der Waals surface area contributed by atoms with Crippen LogP contribution in [-0.4, -0.2) is 23.1 Å². The highest BCUT2D eigenvalue weighted by Gasteiger charge is 2.33. The predicted molar refractivity (Wildman–Crippen MR) is 116 cm³/mol. The van der Waals surface area contributed by atoms with Crippen LogP contribution in [0.4, 0.5) is 5.69 Å². The molecule has 0 atom stereocenters. The second kappa shape index (κ2) is 8.58. The standard InChI is InChI=1S/C20H17NO2S3/c1-3-11-23-17-10-5-4-7-14(17)12-18-19(22)21(20(24)26-18)15-8-6-9-16(13-15)25-2/h3-10,12-13H,1,11H2,2H3/b18-12-. The fraction of sp³-hybridized carbons (Fsp3) is 0.100. The summed E-state index contributed by atoms with van der Waals surface area (Å²) in [5, 5.41) is 0. The number of carbonyl (C=O) groups excluding carboxylic acids is 1. The first kappa shape index (κ1) is 18.8. The van der Waals surface area contributed by atoms with Gasteiger partial charge in [-0.05, 0) is 36.6 Å². The van der Waals surface area contributed by atoms with Crippen molar-refractivity contribution in [2.24, 2.45) is 0 Å². The van der Waals surface area contributed by atoms with E-state index in [1.807, 2.05) is 60.9 Å². The Morgan fingerprint density at radius 3 is 2.85 bits per heavy atom. The maximum Gasteiger partial charge on any atom is 0.270 e. The third-order valence-electron chi connectivity index (χ3n) is 3.67. The molecule has 0 unspecified atom stereocenters. The zero-order valence-electron chi connectivity index (χ0n) is 14.2. The summed E-state index contributed by atoms with van der Waals surface area (Å²) in [6, 6.07) is 15.4. The first-order chi connectivity index (χ1) is 12.6. The molecular formula is C20H17NO2S3. The van der Waals surface area contributed by atoms with Crippen LogP contribution in [0.3, 0.4) is 0 Å². The quantitative estimate of drug-likeness (QED) is 0.282. The van der Waals surface area contributed by atoms with E-state index in [1.165, 1.54) is 11.8 Å². The number of thiocarbonyl (C=S) groups is 1. The molecule has 0 bridgehead atoms. The molecule has 6 heteroatoms. The first-order valence-corrected chi connectivity index (χ1v) is 10.3. The topological polar surface area (TPSA) is 29.5 Å². The van der Waals surface area contributed by atoms with Gasteiger partial charge in [0, 0.05) is 10.5 Å². The van der Waals surface area contributed by atoms with Gasteiger partial charge in [-0.2, -0.15) is 0 Å². The third kappa shape index (κ3) is 4.03. The number of benzene rings is 2. The van der Waals surface area contributed by atoms with Crippen LogP contribution in [0, 0.1) is 0 Å². The number of para-hydroxylation sites is 1. The molecule has 3 nitrogen and oxygen atoms in total. The number of carbonyl (C=O) groups is 1. The molecule has 0 N–H and O–H groups in total. The SMILES string of the molecule is C=CCOc1ccccc1/C=C1\SC(=S)N(c2cccc(SC)c2)C1=O. The van der Waals surface area contributed by atoms with Gasteiger partial charge in [0.2, 0.25) is 0 Å². The normalized spacial score (nSPS) is 15.6. The van der Waals surface area contributed by atoms with Gasteiger partial charge in [0.25, 0.3) is 5.91 Å². The Morgan fingerprint density at radius 1 is 1.27 bits per heavy atom. The Balaban J connectivity index is 1.91. The van der Waals surface area contributed by atoms with Crippen molar-refractivity contribution in [3.63, 3.8) is 0 Å². The molecule has 1 heterocycles. The predicted octanol–water partition coefficient (Wildman–Crippen LogP) is 5.38. The molecule has 0 spiro atoms. The van der Waals surface area contributed by atoms with E-state index in [4.69, 9.17) is 17.0 Å². The second-order valence-corrected chi connectivity index (χ2v) is 7.91. The third-order valence-corrected chi connectivity index (χ3v) is 5.70. The fourth-order valence-electron chi connectivity index (χ4n) is 2.46. The van der Waals surface area contributed by atoms with Crippen LogP contribution in [0.15, 0.2) is 71.0 Å². The Labute approximate surface area is 167 Å². The number of ether oxygens (including phenoxy) is 1. The second-order valence-electron chi connectivity index (χ2n) is 5.36. The Bertz CT molecular complexity index is 892. The summed E-state index contributed by atoms with van der Waals surface area (Å²) in [5.41, 5.74) is 1.63. The van der Waals surface area contributed by atoms with Crippen LogP contribution in [0.2, 0.25) is 0 Å². The average Bonchev–Trinajstić information content (AvgIpc) is 2.94. The van der Waals surface area contributed by atoms with Crippen LogP contribution in [0.5, 0.6) is 5.75 Å². The van der Waals surface area contributed by atoms with Gasteiger partial charge in [-0.15, -0.1) is 11.8 Å². The summed E-state index contributed by atoms with van der Waals surface area (Å²) < 4.78 is 6.20. The van der Waals surface area contributed by atoms with E-state index in [2.05, 4.69) is 6.58 Å². The van der Waals surface area contributed by atoms with Crippen molar-refractivity contribution >= 4 is 57.7 Å². The van der Waals surface area contributed by atoms with Crippen LogP contribution in [0.25, 0.3) is 6.08 Å². The van der Waals surface area contributed by atoms with Gasteiger partial charge in [-0.3, -0.25) is 9.69 Å². The van der Waals surface area contributed by atoms with Crippen molar-refractivity contribution in [2.75, 3.05) is 17.8 Å². The summed E-state index contributed by atoms with van der Waals surface area (Å²) in [6.45, 7) is 4.07. The highest BCUT2D eigenvalue weighted by Crippen LogP contribution is 2.37. The first-order valence-electron chi connectivity index (χ1n) is 7.89. The largest absolute Gasteiger partial charge is 0.489 e. The molecule has 2 aromatic carbocycles. The summed E-state index contributed by atoms with van der Waals surface area (Å²) >= 11 is 8.38. The average molecular weight is 400 g/mol. The summed E-state index contributed by atoms with van der Waals surface area (Å²) in [6.07, 6.45) is 5.52. The van der Waals surface area contributed by atoms with Gasteiger partial charge >= 0.3 is 0 Å². The molecule has 0 radical (unpaired) electrons. The molecule has 1 aliphatic rings. The summed E-state index contributed by atoms with van der Waals surface area (Å²) in [4.78, 5) is 16.2. The van der Waals surface area contributed by atoms with Gasteiger partial charge in [0.15, 0.2) is 4.32 Å². The lowest BCUT2D eigenvalue weighted by Crippen LogP contribution is -2.27. The number of rotatable bonds is 6. The lowest BCUT2D eigenvalue weighted by atomic mass is 10.2. The Hall–Kier alpha value is -2.02. The number of anilines is 1. The minimum absolute atomic E-state index is 0.114. The number of thioether (sulfide) groups is 2. The van der Waals surface area contributed by atoms with E-state index in [-0.39, 0.29) is 5.91 Å². The van der Waals surface area contributed by atoms with E-state index < -0.39 is 0 Å². The highest BCUT2D eigenvalue weighted by molar-refractivity contribution is 8.27. The van der Waals surface area contributed by atoms with Crippen LogP contribution in [0.1, 0.15) is 5.56 Å². The van der Waals surface area contributed by atoms with Crippen LogP contribution in [-0.2, 0) is 4.79 Å². The molecule has 26 heavy (non-hydrogen) atoms. The summed E-state index contributed by atoms with van der Waals surface area (Å²) in [7, 11) is 0. The molecule has 1 aliphatic heterocycles. The molecule has 2 aromatic rings. The number of hydrogen-bond acceptors (Lipinski definition) is 5. The molecule has 132 valence electrons. The van der Waals surface area contributed by atoms with Gasteiger partial charge in [-0.1, -0.05) is 60.9 Å². The van der Waals surface area contributed by atoms with Crippen molar-refractivity contribution in [1.82, 2.24) is 0 Å². The zero-order valence-corrected chi connectivity index (χ0v) is 16.6. The summed E-state index contributed by atoms with van der Waals surface area (Å²) in [5.74, 6) is 0.596. The smallest absolute Gasteiger partial charge is 0.270 e. The maximum absolute atomic E-state index is 12.9. The van der Waals surface area contributed by atoms with Crippen molar-refractivity contribution in [2.45, 2.75) is 4.90 Å². The van der Waals surface area contributed by atoms with Crippen molar-refractivity contribution in [3.8, 4) is 5.75 Å². The van der Waals surface area contributed by atoms with E-state index >= 15 is 0 Å². The van der Waals surface area contributed by atoms with Gasteiger partial charge in [0.1, 0.15) is 12.4 Å². The van der Waals surface area contributed by atoms with Gasteiger partial charge in [0.05, 0.1) is 10.6 Å². The monoisotopic (exact) mass is 399 g/mol. The molecule has 0 aromatic heterocycles. The number of hydrogen-bond donors (Lipinski definition) is 0. The zero-order chi connectivity index (χ0) is 18.5. The van der Waals surface area contributed by atoms with Crippen LogP contribution >= 0.6 is 35.7 Å². The molecule has 1 amide bonds. The molecule has 0 aliphatic carbocycles. The minimum atomic E-state index is -0.114. The molecular weight excluding hydrogens is 382 g/mol. The van der Waals surface area contributed by atoms with E-state index in [0.29, 0.717) is 21.6 Å². The lowest BCUT2D eigenvalue weighted by Gasteiger charge is -2.15. The fourth-order valence-corrected chi connectivity index (χ4v) is 4.20. The lowest BCUT2D eigenvalue weighted by molar-refractivity contribution is -0.113. The Morgan fingerprint density at radius 2 is 2.08 bits per heavy atom. The van der Waals surface area contributed by atoms with E-state index in [0.717, 1.165) is 16.1 Å². The van der Waals surface area contributed by atoms with E-state index in [9.17, 15) is 4.79 Å². The molecule has 0 saturated carbocycles. The van der Waals surface area contributed by atoms with Gasteiger partial charge < -0.3 is 4.74 Å². The number of nitrogens with zero attached hydrogens (tertiary/aromatic N) is 1. The highest BCUT2D eigenvalue weighted by atomic mass is 32.2. The van der Waals surface area contributed by atoms with Crippen molar-refractivity contribution < 1.29 is 9.53 Å². The van der Waals surface area contributed by atoms with Crippen LogP contribution < -0.4 is 9.64 Å². The van der Waals surface area contributed by atoms with Crippen molar-refractivity contribution in [3.05, 3.63) is 71.7 Å². The number of amides is 1. The molecule has 3 rings (SSSR count). The van der Waals surface area contributed by atoms with Crippen molar-refractivity contribution in [1.29, 1.82) is 0 Å². The Kier molecular flexibility index (Phi) is 6.19. The molecule has 1 saturated heterocycles. The maximum atomic E-state index is 12.9. The molecule has 1 fully saturated rings.